The maximum absolute atomic E-state index is 12.1. The van der Waals surface area contributed by atoms with Crippen LogP contribution in [-0.4, -0.2) is 43.5 Å². The molecule has 0 aliphatic heterocycles. The molecule has 0 fully saturated rings. The number of amides is 1. The fraction of sp³-hybridized carbons (Fsp3) is 0.500. The van der Waals surface area contributed by atoms with E-state index in [1.807, 2.05) is 0 Å². The average molecular weight is 303 g/mol. The number of hydrogen-bond acceptors (Lipinski definition) is 4. The minimum atomic E-state index is -2.95. The van der Waals surface area contributed by atoms with Crippen LogP contribution >= 0.6 is 0 Å². The van der Waals surface area contributed by atoms with Crippen LogP contribution in [0.3, 0.4) is 0 Å². The molecular formula is C14H19F2NO4. The molecule has 0 bridgehead atoms. The van der Waals surface area contributed by atoms with E-state index in [0.29, 0.717) is 13.0 Å². The van der Waals surface area contributed by atoms with E-state index in [9.17, 15) is 18.7 Å². The number of aliphatic hydroxyl groups is 1. The van der Waals surface area contributed by atoms with Crippen molar-refractivity contribution >= 4 is 5.91 Å². The van der Waals surface area contributed by atoms with E-state index in [0.717, 1.165) is 0 Å². The highest BCUT2D eigenvalue weighted by atomic mass is 19.3. The van der Waals surface area contributed by atoms with E-state index >= 15 is 0 Å². The third kappa shape index (κ3) is 6.50. The summed E-state index contributed by atoms with van der Waals surface area (Å²) in [7, 11) is 1.52. The van der Waals surface area contributed by atoms with Crippen LogP contribution in [0.1, 0.15) is 23.7 Å². The molecule has 118 valence electrons. The second-order valence-corrected chi connectivity index (χ2v) is 4.83. The Bertz CT molecular complexity index is 466. The minimum absolute atomic E-state index is 0.0229. The number of carbonyl (C=O) groups is 1. The predicted octanol–water partition coefficient (Wildman–Crippen LogP) is 1.81. The molecule has 0 spiro atoms. The summed E-state index contributed by atoms with van der Waals surface area (Å²) in [6.07, 6.45) is 0.359. The molecule has 1 unspecified atom stereocenters. The van der Waals surface area contributed by atoms with Crippen molar-refractivity contribution in [3.63, 3.8) is 0 Å². The standard InChI is InChI=1S/C14H19F2NO4/c1-14(19,6-7-20-2)9-17-12(18)10-4-3-5-11(8-10)21-13(15)16/h3-5,8,13,19H,6-7,9H2,1-2H3,(H,17,18). The van der Waals surface area contributed by atoms with Gasteiger partial charge in [0.25, 0.3) is 5.91 Å². The van der Waals surface area contributed by atoms with Crippen molar-refractivity contribution in [3.8, 4) is 5.75 Å². The molecule has 2 N–H and O–H groups in total. The van der Waals surface area contributed by atoms with Crippen LogP contribution in [0.25, 0.3) is 0 Å². The van der Waals surface area contributed by atoms with Crippen LogP contribution in [0.5, 0.6) is 5.75 Å². The molecule has 1 atom stereocenters. The smallest absolute Gasteiger partial charge is 0.387 e. The molecule has 0 saturated heterocycles. The first-order valence-electron chi connectivity index (χ1n) is 6.38. The molecule has 0 heterocycles. The van der Waals surface area contributed by atoms with Crippen LogP contribution in [-0.2, 0) is 4.74 Å². The minimum Gasteiger partial charge on any atom is -0.435 e. The van der Waals surface area contributed by atoms with Crippen molar-refractivity contribution in [1.29, 1.82) is 0 Å². The van der Waals surface area contributed by atoms with Crippen LogP contribution in [0.2, 0.25) is 0 Å². The van der Waals surface area contributed by atoms with Gasteiger partial charge in [-0.15, -0.1) is 0 Å². The zero-order chi connectivity index (χ0) is 15.9. The van der Waals surface area contributed by atoms with Gasteiger partial charge in [0.05, 0.1) is 5.60 Å². The summed E-state index contributed by atoms with van der Waals surface area (Å²) in [6, 6.07) is 5.45. The maximum atomic E-state index is 12.1. The van der Waals surface area contributed by atoms with Gasteiger partial charge < -0.3 is 19.9 Å². The summed E-state index contributed by atoms with van der Waals surface area (Å²) in [5, 5.41) is 12.5. The molecular weight excluding hydrogens is 284 g/mol. The van der Waals surface area contributed by atoms with Gasteiger partial charge >= 0.3 is 6.61 Å². The summed E-state index contributed by atoms with van der Waals surface area (Å²) in [6.45, 7) is -0.990. The van der Waals surface area contributed by atoms with Crippen molar-refractivity contribution in [2.75, 3.05) is 20.3 Å². The lowest BCUT2D eigenvalue weighted by Gasteiger charge is -2.23. The molecule has 1 aromatic rings. The molecule has 0 aromatic heterocycles. The Balaban J connectivity index is 2.59. The summed E-state index contributed by atoms with van der Waals surface area (Å²) in [5.74, 6) is -0.573. The Morgan fingerprint density at radius 2 is 2.19 bits per heavy atom. The number of alkyl halides is 2. The lowest BCUT2D eigenvalue weighted by atomic mass is 10.0. The van der Waals surface area contributed by atoms with Gasteiger partial charge in [-0.3, -0.25) is 4.79 Å². The van der Waals surface area contributed by atoms with Gasteiger partial charge in [0, 0.05) is 32.2 Å². The van der Waals surface area contributed by atoms with Crippen molar-refractivity contribution in [2.45, 2.75) is 25.6 Å². The highest BCUT2D eigenvalue weighted by Gasteiger charge is 2.21. The van der Waals surface area contributed by atoms with Gasteiger partial charge in [-0.25, -0.2) is 0 Å². The largest absolute Gasteiger partial charge is 0.435 e. The number of halogens is 2. The van der Waals surface area contributed by atoms with Crippen LogP contribution in [0.15, 0.2) is 24.3 Å². The summed E-state index contributed by atoms with van der Waals surface area (Å²) >= 11 is 0. The first-order chi connectivity index (χ1) is 9.84. The molecule has 5 nitrogen and oxygen atoms in total. The molecule has 0 aliphatic carbocycles. The van der Waals surface area contributed by atoms with Crippen molar-refractivity contribution in [3.05, 3.63) is 29.8 Å². The maximum Gasteiger partial charge on any atom is 0.387 e. The van der Waals surface area contributed by atoms with Gasteiger partial charge in [0.1, 0.15) is 5.75 Å². The second-order valence-electron chi connectivity index (χ2n) is 4.83. The fourth-order valence-electron chi connectivity index (χ4n) is 1.60. The second kappa shape index (κ2) is 7.90. The summed E-state index contributed by atoms with van der Waals surface area (Å²) in [5.41, 5.74) is -0.932. The van der Waals surface area contributed by atoms with Crippen molar-refractivity contribution < 1.29 is 28.2 Å². The van der Waals surface area contributed by atoms with Gasteiger partial charge in [-0.05, 0) is 25.1 Å². The Morgan fingerprint density at radius 3 is 2.81 bits per heavy atom. The monoisotopic (exact) mass is 303 g/mol. The van der Waals surface area contributed by atoms with Gasteiger partial charge in [-0.1, -0.05) is 6.07 Å². The molecule has 21 heavy (non-hydrogen) atoms. The molecule has 0 saturated carbocycles. The van der Waals surface area contributed by atoms with E-state index < -0.39 is 18.1 Å². The highest BCUT2D eigenvalue weighted by Crippen LogP contribution is 2.16. The summed E-state index contributed by atoms with van der Waals surface area (Å²) < 4.78 is 33.3. The van der Waals surface area contributed by atoms with E-state index in [-0.39, 0.29) is 17.9 Å². The quantitative estimate of drug-likeness (QED) is 0.768. The SMILES string of the molecule is COCCC(C)(O)CNC(=O)c1cccc(OC(F)F)c1. The number of ether oxygens (including phenoxy) is 2. The fourth-order valence-corrected chi connectivity index (χ4v) is 1.60. The third-order valence-corrected chi connectivity index (χ3v) is 2.80. The normalized spacial score (nSPS) is 13.8. The highest BCUT2D eigenvalue weighted by molar-refractivity contribution is 5.94. The van der Waals surface area contributed by atoms with Gasteiger partial charge in [-0.2, -0.15) is 8.78 Å². The first kappa shape index (κ1) is 17.3. The molecule has 1 rings (SSSR count). The molecule has 1 aromatic carbocycles. The van der Waals surface area contributed by atoms with Crippen LogP contribution in [0.4, 0.5) is 8.78 Å². The topological polar surface area (TPSA) is 67.8 Å². The predicted molar refractivity (Wildman–Crippen MR) is 72.5 cm³/mol. The Morgan fingerprint density at radius 1 is 1.48 bits per heavy atom. The zero-order valence-corrected chi connectivity index (χ0v) is 11.9. The average Bonchev–Trinajstić information content (AvgIpc) is 2.42. The number of hydrogen-bond donors (Lipinski definition) is 2. The lowest BCUT2D eigenvalue weighted by Crippen LogP contribution is -2.41. The van der Waals surface area contributed by atoms with E-state index in [1.54, 1.807) is 6.92 Å². The van der Waals surface area contributed by atoms with E-state index in [4.69, 9.17) is 4.74 Å². The Labute approximate surface area is 121 Å². The van der Waals surface area contributed by atoms with Gasteiger partial charge in [0.2, 0.25) is 0 Å². The van der Waals surface area contributed by atoms with Crippen LogP contribution < -0.4 is 10.1 Å². The molecule has 7 heteroatoms. The lowest BCUT2D eigenvalue weighted by molar-refractivity contribution is -0.0498. The van der Waals surface area contributed by atoms with Crippen LogP contribution in [0, 0.1) is 0 Å². The number of methoxy groups -OCH3 is 1. The zero-order valence-electron chi connectivity index (χ0n) is 11.9. The number of nitrogens with one attached hydrogen (secondary N) is 1. The molecule has 0 radical (unpaired) electrons. The number of rotatable bonds is 8. The Kier molecular flexibility index (Phi) is 6.51. The molecule has 1 amide bonds. The number of benzene rings is 1. The third-order valence-electron chi connectivity index (χ3n) is 2.80. The van der Waals surface area contributed by atoms with E-state index in [1.165, 1.54) is 31.4 Å². The Hall–Kier alpha value is -1.73. The molecule has 0 aliphatic rings. The van der Waals surface area contributed by atoms with Gasteiger partial charge in [0.15, 0.2) is 0 Å². The first-order valence-corrected chi connectivity index (χ1v) is 6.38. The van der Waals surface area contributed by atoms with Crippen molar-refractivity contribution in [1.82, 2.24) is 5.32 Å². The van der Waals surface area contributed by atoms with E-state index in [2.05, 4.69) is 10.1 Å². The number of carbonyl (C=O) groups excluding carboxylic acids is 1. The van der Waals surface area contributed by atoms with Crippen molar-refractivity contribution in [2.24, 2.45) is 0 Å². The summed E-state index contributed by atoms with van der Waals surface area (Å²) in [4.78, 5) is 11.9.